The first-order valence-electron chi connectivity index (χ1n) is 5.94. The van der Waals surface area contributed by atoms with Crippen molar-refractivity contribution in [1.82, 2.24) is 14.7 Å². The molecule has 2 heterocycles. The van der Waals surface area contributed by atoms with Crippen LogP contribution in [0, 0.1) is 0 Å². The smallest absolute Gasteiger partial charge is 0.242 e. The van der Waals surface area contributed by atoms with Crippen molar-refractivity contribution in [2.45, 2.75) is 11.3 Å². The Hall–Kier alpha value is -2.03. The Balaban J connectivity index is 1.96. The first-order valence-corrected chi connectivity index (χ1v) is 7.42. The SMILES string of the molecule is NNc1ccc(S(=O)(=O)NCCc2ccccn2)cn1. The van der Waals surface area contributed by atoms with E-state index in [1.807, 2.05) is 18.2 Å². The van der Waals surface area contributed by atoms with Crippen molar-refractivity contribution >= 4 is 15.8 Å². The van der Waals surface area contributed by atoms with Crippen molar-refractivity contribution in [2.24, 2.45) is 5.84 Å². The van der Waals surface area contributed by atoms with Crippen LogP contribution < -0.4 is 16.0 Å². The van der Waals surface area contributed by atoms with E-state index in [-0.39, 0.29) is 11.4 Å². The number of anilines is 1. The van der Waals surface area contributed by atoms with E-state index in [2.05, 4.69) is 20.1 Å². The van der Waals surface area contributed by atoms with E-state index >= 15 is 0 Å². The molecular weight excluding hydrogens is 278 g/mol. The van der Waals surface area contributed by atoms with Crippen molar-refractivity contribution in [1.29, 1.82) is 0 Å². The zero-order valence-electron chi connectivity index (χ0n) is 10.7. The molecule has 0 radical (unpaired) electrons. The molecule has 0 atom stereocenters. The summed E-state index contributed by atoms with van der Waals surface area (Å²) in [4.78, 5) is 8.08. The van der Waals surface area contributed by atoms with E-state index < -0.39 is 10.0 Å². The Morgan fingerprint density at radius 1 is 1.15 bits per heavy atom. The Morgan fingerprint density at radius 3 is 2.60 bits per heavy atom. The van der Waals surface area contributed by atoms with Gasteiger partial charge in [0.25, 0.3) is 0 Å². The molecule has 0 aromatic carbocycles. The molecule has 0 aliphatic rings. The molecule has 0 bridgehead atoms. The first kappa shape index (κ1) is 14.4. The van der Waals surface area contributed by atoms with Gasteiger partial charge in [-0.15, -0.1) is 0 Å². The highest BCUT2D eigenvalue weighted by Crippen LogP contribution is 2.09. The molecule has 0 saturated carbocycles. The lowest BCUT2D eigenvalue weighted by atomic mass is 10.3. The third-order valence-corrected chi connectivity index (χ3v) is 4.04. The maximum atomic E-state index is 12.0. The van der Waals surface area contributed by atoms with Gasteiger partial charge in [0, 0.05) is 31.1 Å². The summed E-state index contributed by atoms with van der Waals surface area (Å²) in [6.07, 6.45) is 3.44. The molecule has 106 valence electrons. The highest BCUT2D eigenvalue weighted by molar-refractivity contribution is 7.89. The quantitative estimate of drug-likeness (QED) is 0.521. The van der Waals surface area contributed by atoms with Gasteiger partial charge in [-0.2, -0.15) is 0 Å². The van der Waals surface area contributed by atoms with Crippen molar-refractivity contribution in [2.75, 3.05) is 12.0 Å². The highest BCUT2D eigenvalue weighted by Gasteiger charge is 2.13. The maximum absolute atomic E-state index is 12.0. The normalized spacial score (nSPS) is 11.2. The number of nitrogens with one attached hydrogen (secondary N) is 2. The summed E-state index contributed by atoms with van der Waals surface area (Å²) < 4.78 is 26.5. The summed E-state index contributed by atoms with van der Waals surface area (Å²) >= 11 is 0. The Bertz CT molecular complexity index is 643. The number of pyridine rings is 2. The minimum Gasteiger partial charge on any atom is -0.308 e. The van der Waals surface area contributed by atoms with Crippen LogP contribution >= 0.6 is 0 Å². The summed E-state index contributed by atoms with van der Waals surface area (Å²) in [7, 11) is -3.56. The van der Waals surface area contributed by atoms with E-state index in [9.17, 15) is 8.42 Å². The predicted molar refractivity (Wildman–Crippen MR) is 75.2 cm³/mol. The summed E-state index contributed by atoms with van der Waals surface area (Å²) in [6, 6.07) is 8.45. The lowest BCUT2D eigenvalue weighted by Crippen LogP contribution is -2.26. The van der Waals surface area contributed by atoms with Gasteiger partial charge in [-0.3, -0.25) is 4.98 Å². The Labute approximate surface area is 117 Å². The zero-order valence-corrected chi connectivity index (χ0v) is 11.5. The topological polar surface area (TPSA) is 110 Å². The van der Waals surface area contributed by atoms with Gasteiger partial charge in [0.2, 0.25) is 10.0 Å². The van der Waals surface area contributed by atoms with Crippen molar-refractivity contribution in [3.8, 4) is 0 Å². The summed E-state index contributed by atoms with van der Waals surface area (Å²) in [5, 5.41) is 0. The van der Waals surface area contributed by atoms with Gasteiger partial charge >= 0.3 is 0 Å². The standard InChI is InChI=1S/C12H15N5O2S/c13-17-12-5-4-11(9-15-12)20(18,19)16-8-6-10-3-1-2-7-14-10/h1-5,7,9,16H,6,8,13H2,(H,15,17). The molecule has 4 N–H and O–H groups in total. The van der Waals surface area contributed by atoms with Crippen LogP contribution in [0.25, 0.3) is 0 Å². The predicted octanol–water partition coefficient (Wildman–Crippen LogP) is 0.283. The van der Waals surface area contributed by atoms with Crippen LogP contribution in [0.1, 0.15) is 5.69 Å². The van der Waals surface area contributed by atoms with Crippen molar-refractivity contribution in [3.05, 3.63) is 48.4 Å². The number of rotatable bonds is 6. The summed E-state index contributed by atoms with van der Waals surface area (Å²) in [5.74, 6) is 5.57. The molecule has 0 spiro atoms. The van der Waals surface area contributed by atoms with Crippen molar-refractivity contribution < 1.29 is 8.42 Å². The number of nitrogen functional groups attached to an aromatic ring is 1. The lowest BCUT2D eigenvalue weighted by Gasteiger charge is -2.07. The van der Waals surface area contributed by atoms with Crippen molar-refractivity contribution in [3.63, 3.8) is 0 Å². The molecule has 2 aromatic rings. The first-order chi connectivity index (χ1) is 9.62. The number of hydrazine groups is 1. The van der Waals surface area contributed by atoms with Crippen LogP contribution in [0.3, 0.4) is 0 Å². The Kier molecular flexibility index (Phi) is 4.61. The van der Waals surface area contributed by atoms with E-state index in [4.69, 9.17) is 5.84 Å². The number of sulfonamides is 1. The van der Waals surface area contributed by atoms with Gasteiger partial charge in [-0.05, 0) is 24.3 Å². The third-order valence-electron chi connectivity index (χ3n) is 2.59. The van der Waals surface area contributed by atoms with Gasteiger partial charge < -0.3 is 5.43 Å². The number of nitrogens with two attached hydrogens (primary N) is 1. The molecule has 2 rings (SSSR count). The molecule has 0 aliphatic heterocycles. The van der Waals surface area contributed by atoms with E-state index in [1.165, 1.54) is 18.3 Å². The Morgan fingerprint density at radius 2 is 2.00 bits per heavy atom. The number of nitrogens with zero attached hydrogens (tertiary/aromatic N) is 2. The minimum atomic E-state index is -3.56. The lowest BCUT2D eigenvalue weighted by molar-refractivity contribution is 0.581. The fourth-order valence-electron chi connectivity index (χ4n) is 1.57. The van der Waals surface area contributed by atoms with Gasteiger partial charge in [0.15, 0.2) is 0 Å². The van der Waals surface area contributed by atoms with Crippen LogP contribution in [0.4, 0.5) is 5.82 Å². The molecule has 20 heavy (non-hydrogen) atoms. The largest absolute Gasteiger partial charge is 0.308 e. The summed E-state index contributed by atoms with van der Waals surface area (Å²) in [5.41, 5.74) is 3.17. The second kappa shape index (κ2) is 6.42. The molecule has 0 fully saturated rings. The highest BCUT2D eigenvalue weighted by atomic mass is 32.2. The van der Waals surface area contributed by atoms with Crippen LogP contribution in [-0.2, 0) is 16.4 Å². The minimum absolute atomic E-state index is 0.0949. The van der Waals surface area contributed by atoms with Gasteiger partial charge in [0.1, 0.15) is 10.7 Å². The average Bonchev–Trinajstić information content (AvgIpc) is 2.48. The number of hydrogen-bond donors (Lipinski definition) is 3. The molecule has 2 aromatic heterocycles. The molecule has 7 nitrogen and oxygen atoms in total. The molecular formula is C12H15N5O2S. The van der Waals surface area contributed by atoms with Crippen LogP contribution in [0.15, 0.2) is 47.6 Å². The number of hydrogen-bond acceptors (Lipinski definition) is 6. The molecule has 0 aliphatic carbocycles. The van der Waals surface area contributed by atoms with Crippen LogP contribution in [0.5, 0.6) is 0 Å². The van der Waals surface area contributed by atoms with E-state index in [0.29, 0.717) is 12.2 Å². The zero-order chi connectivity index (χ0) is 14.4. The average molecular weight is 293 g/mol. The van der Waals surface area contributed by atoms with E-state index in [0.717, 1.165) is 5.69 Å². The molecule has 8 heteroatoms. The van der Waals surface area contributed by atoms with Gasteiger partial charge in [-0.25, -0.2) is 24.0 Å². The van der Waals surface area contributed by atoms with Crippen LogP contribution in [0.2, 0.25) is 0 Å². The molecule has 0 amide bonds. The maximum Gasteiger partial charge on any atom is 0.242 e. The fourth-order valence-corrected chi connectivity index (χ4v) is 2.54. The van der Waals surface area contributed by atoms with E-state index in [1.54, 1.807) is 6.20 Å². The second-order valence-corrected chi connectivity index (χ2v) is 5.76. The number of aromatic nitrogens is 2. The third kappa shape index (κ3) is 3.73. The second-order valence-electron chi connectivity index (χ2n) is 3.99. The van der Waals surface area contributed by atoms with Crippen LogP contribution in [-0.4, -0.2) is 24.9 Å². The summed E-state index contributed by atoms with van der Waals surface area (Å²) in [6.45, 7) is 0.274. The monoisotopic (exact) mass is 293 g/mol. The van der Waals surface area contributed by atoms with Gasteiger partial charge in [-0.1, -0.05) is 6.07 Å². The molecule has 0 saturated heterocycles. The molecule has 0 unspecified atom stereocenters. The van der Waals surface area contributed by atoms with Gasteiger partial charge in [0.05, 0.1) is 0 Å². The fraction of sp³-hybridized carbons (Fsp3) is 0.167.